The number of hydroxylamine groups is 1. The molecule has 1 unspecified atom stereocenters. The van der Waals surface area contributed by atoms with Gasteiger partial charge in [-0.25, -0.2) is 20.0 Å². The van der Waals surface area contributed by atoms with Crippen molar-refractivity contribution in [1.82, 2.24) is 19.5 Å². The summed E-state index contributed by atoms with van der Waals surface area (Å²) in [6, 6.07) is 10.4. The van der Waals surface area contributed by atoms with Gasteiger partial charge in [-0.2, -0.15) is 0 Å². The summed E-state index contributed by atoms with van der Waals surface area (Å²) < 4.78 is 2.10. The number of benzene rings is 1. The Kier molecular flexibility index (Phi) is 3.23. The Bertz CT molecular complexity index is 786. The van der Waals surface area contributed by atoms with E-state index >= 15 is 0 Å². The second-order valence-corrected chi connectivity index (χ2v) is 5.53. The minimum Gasteiger partial charge on any atom is -0.326 e. The van der Waals surface area contributed by atoms with Crippen LogP contribution in [-0.2, 0) is 18.0 Å². The zero-order valence-corrected chi connectivity index (χ0v) is 12.4. The summed E-state index contributed by atoms with van der Waals surface area (Å²) in [7, 11) is 0. The van der Waals surface area contributed by atoms with Gasteiger partial charge >= 0.3 is 0 Å². The van der Waals surface area contributed by atoms with Crippen LogP contribution in [0.3, 0.4) is 0 Å². The number of nitrogens with zero attached hydrogens (tertiary/aromatic N) is 5. The summed E-state index contributed by atoms with van der Waals surface area (Å²) in [6.07, 6.45) is 4.35. The first-order chi connectivity index (χ1) is 10.8. The van der Waals surface area contributed by atoms with Gasteiger partial charge in [0.25, 0.3) is 0 Å². The van der Waals surface area contributed by atoms with Crippen LogP contribution in [0.4, 0.5) is 5.82 Å². The van der Waals surface area contributed by atoms with Crippen LogP contribution in [0.1, 0.15) is 18.9 Å². The number of hydrogen-bond donors (Lipinski definition) is 0. The molecule has 1 atom stereocenters. The van der Waals surface area contributed by atoms with Gasteiger partial charge in [-0.15, -0.1) is 0 Å². The molecule has 3 heterocycles. The Morgan fingerprint density at radius 2 is 2.05 bits per heavy atom. The molecule has 2 aromatic heterocycles. The SMILES string of the molecule is CC1CCn2cnc3ncnc(c32)N1OCc1ccccc1. The lowest BCUT2D eigenvalue weighted by Crippen LogP contribution is -2.33. The van der Waals surface area contributed by atoms with Crippen molar-refractivity contribution in [3.05, 3.63) is 48.5 Å². The van der Waals surface area contributed by atoms with Gasteiger partial charge in [-0.1, -0.05) is 30.3 Å². The molecule has 0 bridgehead atoms. The Labute approximate surface area is 128 Å². The van der Waals surface area contributed by atoms with Crippen LogP contribution >= 0.6 is 0 Å². The van der Waals surface area contributed by atoms with E-state index in [2.05, 4.69) is 38.6 Å². The first-order valence-electron chi connectivity index (χ1n) is 7.45. The molecule has 6 heteroatoms. The van der Waals surface area contributed by atoms with Crippen molar-refractivity contribution < 1.29 is 4.84 Å². The van der Waals surface area contributed by atoms with Gasteiger partial charge < -0.3 is 4.57 Å². The topological polar surface area (TPSA) is 56.1 Å². The molecule has 0 amide bonds. The molecule has 1 aliphatic rings. The van der Waals surface area contributed by atoms with Crippen molar-refractivity contribution in [2.45, 2.75) is 32.5 Å². The van der Waals surface area contributed by atoms with E-state index in [9.17, 15) is 0 Å². The van der Waals surface area contributed by atoms with Crippen molar-refractivity contribution in [1.29, 1.82) is 0 Å². The van der Waals surface area contributed by atoms with Crippen molar-refractivity contribution in [2.75, 3.05) is 5.06 Å². The minimum absolute atomic E-state index is 0.238. The number of anilines is 1. The fourth-order valence-electron chi connectivity index (χ4n) is 2.78. The van der Waals surface area contributed by atoms with Crippen molar-refractivity contribution in [2.24, 2.45) is 0 Å². The molecule has 6 nitrogen and oxygen atoms in total. The van der Waals surface area contributed by atoms with E-state index in [1.807, 2.05) is 29.6 Å². The summed E-state index contributed by atoms with van der Waals surface area (Å²) in [5.41, 5.74) is 2.80. The largest absolute Gasteiger partial charge is 0.326 e. The van der Waals surface area contributed by atoms with Crippen LogP contribution in [0.25, 0.3) is 11.2 Å². The lowest BCUT2D eigenvalue weighted by molar-refractivity contribution is 0.0740. The highest BCUT2D eigenvalue weighted by Crippen LogP contribution is 2.29. The molecule has 0 saturated carbocycles. The predicted octanol–water partition coefficient (Wildman–Crippen LogP) is 2.56. The van der Waals surface area contributed by atoms with E-state index in [1.54, 1.807) is 6.33 Å². The standard InChI is InChI=1S/C16H17N5O/c1-12-7-8-20-11-19-15-14(20)16(18-10-17-15)21(12)22-9-13-5-3-2-4-6-13/h2-6,10-12H,7-9H2,1H3. The highest BCUT2D eigenvalue weighted by atomic mass is 16.7. The second-order valence-electron chi connectivity index (χ2n) is 5.53. The normalized spacial score (nSPS) is 17.7. The molecule has 3 aromatic rings. The second kappa shape index (κ2) is 5.38. The maximum Gasteiger partial charge on any atom is 0.183 e. The summed E-state index contributed by atoms with van der Waals surface area (Å²) in [6.45, 7) is 3.56. The minimum atomic E-state index is 0.238. The van der Waals surface area contributed by atoms with Gasteiger partial charge in [0, 0.05) is 6.54 Å². The van der Waals surface area contributed by atoms with Crippen LogP contribution < -0.4 is 5.06 Å². The Hall–Kier alpha value is -2.47. The number of hydrogen-bond acceptors (Lipinski definition) is 5. The van der Waals surface area contributed by atoms with Crippen molar-refractivity contribution in [3.8, 4) is 0 Å². The number of imidazole rings is 1. The molecule has 0 N–H and O–H groups in total. The third-order valence-corrected chi connectivity index (χ3v) is 4.00. The van der Waals surface area contributed by atoms with Crippen molar-refractivity contribution in [3.63, 3.8) is 0 Å². The van der Waals surface area contributed by atoms with E-state index in [0.717, 1.165) is 29.9 Å². The molecule has 1 aromatic carbocycles. The average molecular weight is 295 g/mol. The third kappa shape index (κ3) is 2.21. The smallest absolute Gasteiger partial charge is 0.183 e. The number of aromatic nitrogens is 4. The lowest BCUT2D eigenvalue weighted by Gasteiger charge is -2.27. The fraction of sp³-hybridized carbons (Fsp3) is 0.312. The third-order valence-electron chi connectivity index (χ3n) is 4.00. The van der Waals surface area contributed by atoms with Gasteiger partial charge in [0.15, 0.2) is 11.5 Å². The van der Waals surface area contributed by atoms with Crippen LogP contribution in [0.15, 0.2) is 43.0 Å². The maximum atomic E-state index is 6.08. The summed E-state index contributed by atoms with van der Waals surface area (Å²) in [5, 5.41) is 1.90. The molecule has 4 rings (SSSR count). The van der Waals surface area contributed by atoms with E-state index in [1.165, 1.54) is 0 Å². The molecule has 22 heavy (non-hydrogen) atoms. The van der Waals surface area contributed by atoms with E-state index in [-0.39, 0.29) is 6.04 Å². The van der Waals surface area contributed by atoms with E-state index in [4.69, 9.17) is 4.84 Å². The molecule has 0 fully saturated rings. The molecular formula is C16H17N5O. The Balaban J connectivity index is 1.69. The Morgan fingerprint density at radius 1 is 1.18 bits per heavy atom. The van der Waals surface area contributed by atoms with Gasteiger partial charge in [0.05, 0.1) is 19.0 Å². The highest BCUT2D eigenvalue weighted by Gasteiger charge is 2.25. The van der Waals surface area contributed by atoms with E-state index in [0.29, 0.717) is 12.3 Å². The van der Waals surface area contributed by atoms with Crippen molar-refractivity contribution >= 4 is 17.0 Å². The van der Waals surface area contributed by atoms with Gasteiger partial charge in [0.2, 0.25) is 0 Å². The van der Waals surface area contributed by atoms with Gasteiger partial charge in [-0.3, -0.25) is 4.84 Å². The van der Waals surface area contributed by atoms with E-state index < -0.39 is 0 Å². The number of aryl methyl sites for hydroxylation is 1. The Morgan fingerprint density at radius 3 is 2.91 bits per heavy atom. The zero-order valence-electron chi connectivity index (χ0n) is 12.4. The maximum absolute atomic E-state index is 6.08. The molecule has 0 radical (unpaired) electrons. The number of rotatable bonds is 3. The van der Waals surface area contributed by atoms with Crippen LogP contribution in [0, 0.1) is 0 Å². The summed E-state index contributed by atoms with van der Waals surface area (Å²) in [4.78, 5) is 19.1. The highest BCUT2D eigenvalue weighted by molar-refractivity contribution is 5.83. The predicted molar refractivity (Wildman–Crippen MR) is 83.1 cm³/mol. The summed E-state index contributed by atoms with van der Waals surface area (Å²) >= 11 is 0. The summed E-state index contributed by atoms with van der Waals surface area (Å²) in [5.74, 6) is 0.795. The molecule has 0 saturated heterocycles. The first kappa shape index (κ1) is 13.2. The average Bonchev–Trinajstić information content (AvgIpc) is 2.92. The quantitative estimate of drug-likeness (QED) is 0.743. The van der Waals surface area contributed by atoms with Gasteiger partial charge in [0.1, 0.15) is 11.8 Å². The molecule has 0 spiro atoms. The molecule has 1 aliphatic heterocycles. The molecule has 0 aliphatic carbocycles. The van der Waals surface area contributed by atoms with Gasteiger partial charge in [-0.05, 0) is 18.9 Å². The molecule has 112 valence electrons. The zero-order chi connectivity index (χ0) is 14.9. The van der Waals surface area contributed by atoms with Crippen LogP contribution in [-0.4, -0.2) is 25.6 Å². The molecular weight excluding hydrogens is 278 g/mol. The lowest BCUT2D eigenvalue weighted by atomic mass is 10.2. The fourth-order valence-corrected chi connectivity index (χ4v) is 2.78. The van der Waals surface area contributed by atoms with Crippen LogP contribution in [0.2, 0.25) is 0 Å². The van der Waals surface area contributed by atoms with Crippen LogP contribution in [0.5, 0.6) is 0 Å². The first-order valence-corrected chi connectivity index (χ1v) is 7.45. The monoisotopic (exact) mass is 295 g/mol.